The zero-order chi connectivity index (χ0) is 18.5. The average molecular weight is 347 g/mol. The number of hydrogen-bond acceptors (Lipinski definition) is 5. The van der Waals surface area contributed by atoms with Gasteiger partial charge in [0.25, 0.3) is 0 Å². The number of imidazole rings is 1. The van der Waals surface area contributed by atoms with Gasteiger partial charge in [-0.05, 0) is 35.9 Å². The maximum Gasteiger partial charge on any atom is 0.161 e. The van der Waals surface area contributed by atoms with Crippen LogP contribution in [0.2, 0.25) is 0 Å². The van der Waals surface area contributed by atoms with E-state index in [0.717, 1.165) is 16.6 Å². The first kappa shape index (κ1) is 17.1. The summed E-state index contributed by atoms with van der Waals surface area (Å²) in [5, 5.41) is 19.8. The topological polar surface area (TPSA) is 91.2 Å². The molecule has 6 nitrogen and oxygen atoms in total. The summed E-state index contributed by atoms with van der Waals surface area (Å²) in [5.41, 5.74) is 2.38. The quantitative estimate of drug-likeness (QED) is 0.412. The fourth-order valence-electron chi connectivity index (χ4n) is 2.52. The van der Waals surface area contributed by atoms with Crippen LogP contribution >= 0.6 is 0 Å². The summed E-state index contributed by atoms with van der Waals surface area (Å²) in [6.45, 7) is 0. The number of rotatable bonds is 5. The fourth-order valence-corrected chi connectivity index (χ4v) is 2.52. The third-order valence-electron chi connectivity index (χ3n) is 3.84. The molecule has 0 amide bonds. The minimum atomic E-state index is -0.179. The molecule has 0 unspecified atom stereocenters. The van der Waals surface area contributed by atoms with E-state index in [0.29, 0.717) is 17.3 Å². The van der Waals surface area contributed by atoms with E-state index in [2.05, 4.69) is 9.97 Å². The van der Waals surface area contributed by atoms with E-state index < -0.39 is 0 Å². The minimum absolute atomic E-state index is 0.0675. The molecule has 0 saturated heterocycles. The molecular weight excluding hydrogens is 330 g/mol. The second-order valence-corrected chi connectivity index (χ2v) is 5.42. The molecule has 0 aliphatic rings. The molecule has 0 aliphatic carbocycles. The van der Waals surface area contributed by atoms with E-state index in [1.165, 1.54) is 6.08 Å². The second kappa shape index (κ2) is 7.45. The van der Waals surface area contributed by atoms with Crippen molar-refractivity contribution in [2.75, 3.05) is 14.2 Å². The molecule has 6 heteroatoms. The van der Waals surface area contributed by atoms with Gasteiger partial charge >= 0.3 is 0 Å². The molecule has 0 fully saturated rings. The summed E-state index contributed by atoms with van der Waals surface area (Å²) in [6, 6.07) is 14.8. The molecule has 26 heavy (non-hydrogen) atoms. The molecule has 1 heterocycles. The number of aromatic nitrogens is 2. The number of aliphatic hydroxyl groups is 1. The normalized spacial score (nSPS) is 12.0. The lowest BCUT2D eigenvalue weighted by atomic mass is 10.1. The summed E-state index contributed by atoms with van der Waals surface area (Å²) in [6.07, 6.45) is 3.13. The van der Waals surface area contributed by atoms with Gasteiger partial charge in [0, 0.05) is 0 Å². The molecular formula is C20H17N3O3. The average Bonchev–Trinajstić information content (AvgIpc) is 3.10. The number of aromatic amines is 1. The maximum atomic E-state index is 10.3. The number of para-hydroxylation sites is 2. The Bertz CT molecular complexity index is 1010. The largest absolute Gasteiger partial charge is 0.506 e. The number of nitrogens with one attached hydrogen (secondary N) is 1. The first-order valence-electron chi connectivity index (χ1n) is 7.85. The predicted molar refractivity (Wildman–Crippen MR) is 99.8 cm³/mol. The molecule has 3 rings (SSSR count). The maximum absolute atomic E-state index is 10.3. The van der Waals surface area contributed by atoms with Crippen LogP contribution in [0.3, 0.4) is 0 Å². The molecule has 3 aromatic rings. The van der Waals surface area contributed by atoms with Crippen molar-refractivity contribution in [3.63, 3.8) is 0 Å². The number of methoxy groups -OCH3 is 2. The Morgan fingerprint density at radius 2 is 1.92 bits per heavy atom. The van der Waals surface area contributed by atoms with Gasteiger partial charge in [-0.15, -0.1) is 0 Å². The van der Waals surface area contributed by atoms with E-state index in [1.54, 1.807) is 32.4 Å². The van der Waals surface area contributed by atoms with Crippen molar-refractivity contribution in [1.29, 1.82) is 5.26 Å². The van der Waals surface area contributed by atoms with Crippen LogP contribution in [0.1, 0.15) is 11.4 Å². The van der Waals surface area contributed by atoms with Gasteiger partial charge in [-0.2, -0.15) is 5.26 Å². The number of allylic oxidation sites excluding steroid dienone is 2. The Labute approximate surface area is 150 Å². The van der Waals surface area contributed by atoms with Gasteiger partial charge < -0.3 is 19.6 Å². The van der Waals surface area contributed by atoms with Crippen LogP contribution in [0.4, 0.5) is 0 Å². The predicted octanol–water partition coefficient (Wildman–Crippen LogP) is 4.09. The van der Waals surface area contributed by atoms with E-state index in [-0.39, 0.29) is 11.3 Å². The van der Waals surface area contributed by atoms with Gasteiger partial charge in [0.15, 0.2) is 17.3 Å². The van der Waals surface area contributed by atoms with Crippen molar-refractivity contribution in [3.05, 3.63) is 65.7 Å². The Morgan fingerprint density at radius 3 is 2.62 bits per heavy atom. The van der Waals surface area contributed by atoms with Gasteiger partial charge in [0.05, 0.1) is 25.3 Å². The SMILES string of the molecule is COc1ccc(/C=C/C(O)=C(C#N)c2nc3ccccc3[nH]2)cc1OC. The van der Waals surface area contributed by atoms with Crippen molar-refractivity contribution >= 4 is 22.7 Å². The Kier molecular flexibility index (Phi) is 4.90. The number of fused-ring (bicyclic) bond motifs is 1. The summed E-state index contributed by atoms with van der Waals surface area (Å²) in [7, 11) is 3.12. The number of ether oxygens (including phenoxy) is 2. The van der Waals surface area contributed by atoms with E-state index in [9.17, 15) is 10.4 Å². The lowest BCUT2D eigenvalue weighted by Crippen LogP contribution is -1.91. The number of benzene rings is 2. The fraction of sp³-hybridized carbons (Fsp3) is 0.100. The number of nitriles is 1. The van der Waals surface area contributed by atoms with Gasteiger partial charge in [0.1, 0.15) is 17.4 Å². The Hall–Kier alpha value is -3.72. The molecule has 0 saturated carbocycles. The molecule has 0 radical (unpaired) electrons. The number of aliphatic hydroxyl groups excluding tert-OH is 1. The third-order valence-corrected chi connectivity index (χ3v) is 3.84. The minimum Gasteiger partial charge on any atom is -0.506 e. The van der Waals surface area contributed by atoms with Gasteiger partial charge in [-0.3, -0.25) is 0 Å². The number of hydrogen-bond donors (Lipinski definition) is 2. The van der Waals surface area contributed by atoms with Crippen LogP contribution in [-0.4, -0.2) is 29.3 Å². The van der Waals surface area contributed by atoms with Crippen LogP contribution in [0.5, 0.6) is 11.5 Å². The summed E-state index contributed by atoms with van der Waals surface area (Å²) in [4.78, 5) is 7.38. The molecule has 130 valence electrons. The van der Waals surface area contributed by atoms with E-state index in [1.807, 2.05) is 36.4 Å². The van der Waals surface area contributed by atoms with Gasteiger partial charge in [-0.25, -0.2) is 4.98 Å². The van der Waals surface area contributed by atoms with Gasteiger partial charge in [-0.1, -0.05) is 24.3 Å². The standard InChI is InChI=1S/C20H17N3O3/c1-25-18-10-8-13(11-19(18)26-2)7-9-17(24)14(12-21)20-22-15-5-3-4-6-16(15)23-20/h3-11,24H,1-2H3,(H,22,23)/b9-7+,17-14?. The highest BCUT2D eigenvalue weighted by Crippen LogP contribution is 2.28. The van der Waals surface area contributed by atoms with E-state index in [4.69, 9.17) is 9.47 Å². The zero-order valence-electron chi connectivity index (χ0n) is 14.4. The van der Waals surface area contributed by atoms with Crippen molar-refractivity contribution in [3.8, 4) is 17.6 Å². The van der Waals surface area contributed by atoms with E-state index >= 15 is 0 Å². The first-order valence-corrected chi connectivity index (χ1v) is 7.85. The smallest absolute Gasteiger partial charge is 0.161 e. The molecule has 0 bridgehead atoms. The van der Waals surface area contributed by atoms with Gasteiger partial charge in [0.2, 0.25) is 0 Å². The number of nitrogens with zero attached hydrogens (tertiary/aromatic N) is 2. The van der Waals surface area contributed by atoms with Crippen LogP contribution in [0, 0.1) is 11.3 Å². The molecule has 2 N–H and O–H groups in total. The van der Waals surface area contributed by atoms with Crippen molar-refractivity contribution < 1.29 is 14.6 Å². The molecule has 1 aromatic heterocycles. The van der Waals surface area contributed by atoms with Crippen LogP contribution in [0.25, 0.3) is 22.7 Å². The van der Waals surface area contributed by atoms with Crippen molar-refractivity contribution in [2.45, 2.75) is 0 Å². The Morgan fingerprint density at radius 1 is 1.15 bits per heavy atom. The summed E-state index contributed by atoms with van der Waals surface area (Å²) in [5.74, 6) is 1.34. The van der Waals surface area contributed by atoms with Crippen LogP contribution in [-0.2, 0) is 0 Å². The molecule has 0 spiro atoms. The van der Waals surface area contributed by atoms with Crippen molar-refractivity contribution in [2.24, 2.45) is 0 Å². The summed E-state index contributed by atoms with van der Waals surface area (Å²) < 4.78 is 10.5. The van der Waals surface area contributed by atoms with Crippen LogP contribution in [0.15, 0.2) is 54.3 Å². The monoisotopic (exact) mass is 347 g/mol. The van der Waals surface area contributed by atoms with Crippen LogP contribution < -0.4 is 9.47 Å². The van der Waals surface area contributed by atoms with Crippen molar-refractivity contribution in [1.82, 2.24) is 9.97 Å². The first-order chi connectivity index (χ1) is 12.7. The second-order valence-electron chi connectivity index (χ2n) is 5.42. The highest BCUT2D eigenvalue weighted by atomic mass is 16.5. The molecule has 2 aromatic carbocycles. The summed E-state index contributed by atoms with van der Waals surface area (Å²) >= 11 is 0. The number of H-pyrrole nitrogens is 1. The molecule has 0 atom stereocenters. The third kappa shape index (κ3) is 3.37. The Balaban J connectivity index is 1.94. The lowest BCUT2D eigenvalue weighted by Gasteiger charge is -2.07. The lowest BCUT2D eigenvalue weighted by molar-refractivity contribution is 0.355. The highest BCUT2D eigenvalue weighted by Gasteiger charge is 2.11. The highest BCUT2D eigenvalue weighted by molar-refractivity contribution is 5.83. The zero-order valence-corrected chi connectivity index (χ0v) is 14.4. The molecule has 0 aliphatic heterocycles.